The molecule has 1 fully saturated rings. The Morgan fingerprint density at radius 3 is 2.96 bits per heavy atom. The second-order valence-corrected chi connectivity index (χ2v) is 7.11. The van der Waals surface area contributed by atoms with Crippen LogP contribution in [-0.4, -0.2) is 57.3 Å². The van der Waals surface area contributed by atoms with Crippen LogP contribution in [0.5, 0.6) is 0 Å². The lowest BCUT2D eigenvalue weighted by Crippen LogP contribution is -2.60. The molecule has 2 atom stereocenters. The van der Waals surface area contributed by atoms with Crippen LogP contribution in [0.4, 0.5) is 0 Å². The normalized spacial score (nSPS) is 24.7. The molecule has 3 rings (SSSR count). The van der Waals surface area contributed by atoms with Crippen LogP contribution in [0, 0.1) is 0 Å². The van der Waals surface area contributed by atoms with E-state index >= 15 is 0 Å². The lowest BCUT2D eigenvalue weighted by molar-refractivity contribution is -0.116. The highest BCUT2D eigenvalue weighted by Crippen LogP contribution is 2.24. The minimum atomic E-state index is -1.31. The van der Waals surface area contributed by atoms with Gasteiger partial charge in [0.1, 0.15) is 11.3 Å². The van der Waals surface area contributed by atoms with E-state index in [4.69, 9.17) is 0 Å². The molecule has 0 aliphatic carbocycles. The zero-order chi connectivity index (χ0) is 17.0. The molecular formula is C17H21N3O3S. The van der Waals surface area contributed by atoms with Crippen molar-refractivity contribution < 1.29 is 15.0 Å². The van der Waals surface area contributed by atoms with Crippen LogP contribution in [-0.2, 0) is 6.54 Å². The number of rotatable bonds is 5. The molecule has 0 saturated carbocycles. The number of pyridine rings is 1. The first-order valence-electron chi connectivity index (χ1n) is 7.91. The Hall–Kier alpha value is -1.80. The summed E-state index contributed by atoms with van der Waals surface area (Å²) in [5, 5.41) is 25.7. The molecule has 1 saturated heterocycles. The van der Waals surface area contributed by atoms with Gasteiger partial charge in [0, 0.05) is 37.3 Å². The summed E-state index contributed by atoms with van der Waals surface area (Å²) in [6.45, 7) is 1.83. The largest absolute Gasteiger partial charge is 0.389 e. The van der Waals surface area contributed by atoms with Crippen LogP contribution >= 0.6 is 11.3 Å². The molecule has 2 aromatic rings. The average molecular weight is 347 g/mol. The third-order valence-corrected chi connectivity index (χ3v) is 5.19. The van der Waals surface area contributed by atoms with Gasteiger partial charge in [0.05, 0.1) is 6.10 Å². The molecular weight excluding hydrogens is 326 g/mol. The van der Waals surface area contributed by atoms with Gasteiger partial charge in [-0.15, -0.1) is 11.3 Å². The molecule has 3 N–H and O–H groups in total. The standard InChI is InChI=1S/C17H21N3O3S/c21-15-11-20(10-13-4-3-9-24-13)8-6-17(15,23)12-19-16(22)14-5-1-2-7-18-14/h1-5,7,9,15,21,23H,6,8,10-12H2,(H,19,22)/t15-,17-/m1/s1. The van der Waals surface area contributed by atoms with Crippen molar-refractivity contribution in [2.24, 2.45) is 0 Å². The van der Waals surface area contributed by atoms with E-state index in [-0.39, 0.29) is 12.5 Å². The van der Waals surface area contributed by atoms with E-state index in [0.29, 0.717) is 25.2 Å². The smallest absolute Gasteiger partial charge is 0.269 e. The minimum absolute atomic E-state index is 0.0103. The maximum absolute atomic E-state index is 12.0. The molecule has 1 aliphatic heterocycles. The topological polar surface area (TPSA) is 85.7 Å². The minimum Gasteiger partial charge on any atom is -0.389 e. The third kappa shape index (κ3) is 3.99. The van der Waals surface area contributed by atoms with Crippen molar-refractivity contribution in [1.29, 1.82) is 0 Å². The van der Waals surface area contributed by atoms with Crippen molar-refractivity contribution in [2.75, 3.05) is 19.6 Å². The van der Waals surface area contributed by atoms with Crippen molar-refractivity contribution in [2.45, 2.75) is 24.7 Å². The summed E-state index contributed by atoms with van der Waals surface area (Å²) in [5.74, 6) is -0.350. The van der Waals surface area contributed by atoms with Gasteiger partial charge in [-0.05, 0) is 30.0 Å². The van der Waals surface area contributed by atoms with Crippen LogP contribution in [0.1, 0.15) is 21.8 Å². The molecule has 128 valence electrons. The zero-order valence-electron chi connectivity index (χ0n) is 13.3. The molecule has 1 aliphatic rings. The Labute approximate surface area is 144 Å². The van der Waals surface area contributed by atoms with E-state index < -0.39 is 11.7 Å². The van der Waals surface area contributed by atoms with Crippen LogP contribution in [0.3, 0.4) is 0 Å². The fourth-order valence-corrected chi connectivity index (χ4v) is 3.56. The number of aliphatic hydroxyl groups is 2. The van der Waals surface area contributed by atoms with Crippen LogP contribution in [0.2, 0.25) is 0 Å². The van der Waals surface area contributed by atoms with E-state index in [2.05, 4.69) is 21.3 Å². The SMILES string of the molecule is O=C(NC[C@]1(O)CCN(Cc2cccs2)C[C@H]1O)c1ccccn1. The number of nitrogens with one attached hydrogen (secondary N) is 1. The Balaban J connectivity index is 1.53. The summed E-state index contributed by atoms with van der Waals surface area (Å²) in [6.07, 6.45) is 1.04. The number of amides is 1. The number of hydrogen-bond donors (Lipinski definition) is 3. The fourth-order valence-electron chi connectivity index (χ4n) is 2.82. The number of carbonyl (C=O) groups is 1. The molecule has 6 nitrogen and oxygen atoms in total. The molecule has 0 aromatic carbocycles. The first-order chi connectivity index (χ1) is 11.6. The van der Waals surface area contributed by atoms with Gasteiger partial charge >= 0.3 is 0 Å². The number of hydrogen-bond acceptors (Lipinski definition) is 6. The van der Waals surface area contributed by atoms with Crippen molar-refractivity contribution in [3.63, 3.8) is 0 Å². The molecule has 0 bridgehead atoms. The van der Waals surface area contributed by atoms with E-state index in [1.165, 1.54) is 4.88 Å². The second kappa shape index (κ2) is 7.40. The first kappa shape index (κ1) is 17.0. The first-order valence-corrected chi connectivity index (χ1v) is 8.79. The average Bonchev–Trinajstić information content (AvgIpc) is 3.10. The van der Waals surface area contributed by atoms with Gasteiger partial charge in [0.2, 0.25) is 0 Å². The zero-order valence-corrected chi connectivity index (χ0v) is 14.1. The molecule has 3 heterocycles. The summed E-state index contributed by atoms with van der Waals surface area (Å²) >= 11 is 1.68. The molecule has 0 spiro atoms. The van der Waals surface area contributed by atoms with Crippen LogP contribution < -0.4 is 5.32 Å². The van der Waals surface area contributed by atoms with E-state index in [1.54, 1.807) is 35.7 Å². The monoisotopic (exact) mass is 347 g/mol. The summed E-state index contributed by atoms with van der Waals surface area (Å²) in [6, 6.07) is 9.14. The van der Waals surface area contributed by atoms with Crippen molar-refractivity contribution in [3.05, 3.63) is 52.5 Å². The van der Waals surface area contributed by atoms with Gasteiger partial charge in [0.15, 0.2) is 0 Å². The summed E-state index contributed by atoms with van der Waals surface area (Å²) in [5.41, 5.74) is -1.01. The molecule has 24 heavy (non-hydrogen) atoms. The summed E-state index contributed by atoms with van der Waals surface area (Å²) in [4.78, 5) is 19.4. The Morgan fingerprint density at radius 2 is 2.29 bits per heavy atom. The molecule has 0 radical (unpaired) electrons. The predicted molar refractivity (Wildman–Crippen MR) is 91.7 cm³/mol. The molecule has 0 unspecified atom stereocenters. The maximum Gasteiger partial charge on any atom is 0.269 e. The van der Waals surface area contributed by atoms with Gasteiger partial charge in [-0.25, -0.2) is 0 Å². The van der Waals surface area contributed by atoms with Crippen molar-refractivity contribution in [3.8, 4) is 0 Å². The highest BCUT2D eigenvalue weighted by atomic mass is 32.1. The second-order valence-electron chi connectivity index (χ2n) is 6.08. The number of aliphatic hydroxyl groups excluding tert-OH is 1. The van der Waals surface area contributed by atoms with Crippen molar-refractivity contribution in [1.82, 2.24) is 15.2 Å². The third-order valence-electron chi connectivity index (χ3n) is 4.32. The number of thiophene rings is 1. The van der Waals surface area contributed by atoms with E-state index in [1.807, 2.05) is 11.4 Å². The Morgan fingerprint density at radius 1 is 1.42 bits per heavy atom. The lowest BCUT2D eigenvalue weighted by atomic mass is 9.88. The quantitative estimate of drug-likeness (QED) is 0.747. The van der Waals surface area contributed by atoms with E-state index in [0.717, 1.165) is 6.54 Å². The van der Waals surface area contributed by atoms with Gasteiger partial charge < -0.3 is 15.5 Å². The van der Waals surface area contributed by atoms with Crippen molar-refractivity contribution >= 4 is 17.2 Å². The molecule has 7 heteroatoms. The van der Waals surface area contributed by atoms with Gasteiger partial charge in [-0.3, -0.25) is 14.7 Å². The fraction of sp³-hybridized carbons (Fsp3) is 0.412. The van der Waals surface area contributed by atoms with Gasteiger partial charge in [-0.2, -0.15) is 0 Å². The summed E-state index contributed by atoms with van der Waals surface area (Å²) < 4.78 is 0. The van der Waals surface area contributed by atoms with Gasteiger partial charge in [0.25, 0.3) is 5.91 Å². The predicted octanol–water partition coefficient (Wildman–Crippen LogP) is 0.871. The number of likely N-dealkylation sites (tertiary alicyclic amines) is 1. The van der Waals surface area contributed by atoms with Crippen LogP contribution in [0.25, 0.3) is 0 Å². The lowest BCUT2D eigenvalue weighted by Gasteiger charge is -2.42. The number of nitrogens with zero attached hydrogens (tertiary/aromatic N) is 2. The number of aromatic nitrogens is 1. The summed E-state index contributed by atoms with van der Waals surface area (Å²) in [7, 11) is 0. The van der Waals surface area contributed by atoms with Crippen LogP contribution in [0.15, 0.2) is 41.9 Å². The Kier molecular flexibility index (Phi) is 5.25. The van der Waals surface area contributed by atoms with Gasteiger partial charge in [-0.1, -0.05) is 12.1 Å². The number of β-amino-alcohol motifs (C(OH)–C–C–N with tert-alkyl or cyclic N) is 1. The highest BCUT2D eigenvalue weighted by Gasteiger charge is 2.40. The number of piperidine rings is 1. The molecule has 2 aromatic heterocycles. The number of carbonyl (C=O) groups excluding carboxylic acids is 1. The molecule has 1 amide bonds. The Bertz CT molecular complexity index is 665. The van der Waals surface area contributed by atoms with E-state index in [9.17, 15) is 15.0 Å². The maximum atomic E-state index is 12.0. The highest BCUT2D eigenvalue weighted by molar-refractivity contribution is 7.09.